The summed E-state index contributed by atoms with van der Waals surface area (Å²) in [6.07, 6.45) is 6.21. The minimum atomic E-state index is -3.30. The van der Waals surface area contributed by atoms with Crippen LogP contribution in [0.4, 0.5) is 16.9 Å². The first kappa shape index (κ1) is 25.2. The number of aromatic nitrogens is 6. The lowest BCUT2D eigenvalue weighted by Gasteiger charge is -2.10. The van der Waals surface area contributed by atoms with Gasteiger partial charge in [-0.1, -0.05) is 23.5 Å². The van der Waals surface area contributed by atoms with Gasteiger partial charge in [-0.3, -0.25) is 10.3 Å². The summed E-state index contributed by atoms with van der Waals surface area (Å²) in [6, 6.07) is 10.4. The third-order valence-corrected chi connectivity index (χ3v) is 7.78. The van der Waals surface area contributed by atoms with Crippen molar-refractivity contribution in [2.24, 2.45) is 0 Å². The van der Waals surface area contributed by atoms with Crippen LogP contribution in [0.25, 0.3) is 11.2 Å². The van der Waals surface area contributed by atoms with Gasteiger partial charge in [-0.05, 0) is 42.3 Å². The number of aromatic carboxylic acids is 1. The normalized spacial score (nSPS) is 11.5. The molecule has 4 aromatic heterocycles. The fraction of sp³-hybridized carbons (Fsp3) is 0.167. The lowest BCUT2D eigenvalue weighted by molar-refractivity contribution is 0.0701. The molecule has 1 aromatic carbocycles. The molecule has 0 aliphatic rings. The molecule has 14 heteroatoms. The number of fused-ring (bicyclic) bond motifs is 1. The number of sulfone groups is 1. The van der Waals surface area contributed by atoms with E-state index < -0.39 is 15.8 Å². The molecule has 0 radical (unpaired) electrons. The number of benzene rings is 1. The van der Waals surface area contributed by atoms with Gasteiger partial charge in [-0.15, -0.1) is 0 Å². The van der Waals surface area contributed by atoms with E-state index in [0.717, 1.165) is 22.5 Å². The zero-order valence-electron chi connectivity index (χ0n) is 20.3. The van der Waals surface area contributed by atoms with Gasteiger partial charge in [0, 0.05) is 25.2 Å². The van der Waals surface area contributed by atoms with Crippen molar-refractivity contribution in [1.82, 2.24) is 29.5 Å². The Labute approximate surface area is 221 Å². The molecule has 194 valence electrons. The number of anilines is 3. The Bertz CT molecular complexity index is 1730. The number of carboxylic acids is 1. The maximum atomic E-state index is 11.8. The Morgan fingerprint density at radius 3 is 2.45 bits per heavy atom. The number of imidazole rings is 1. The minimum absolute atomic E-state index is 0.132. The highest BCUT2D eigenvalue weighted by Crippen LogP contribution is 2.27. The summed E-state index contributed by atoms with van der Waals surface area (Å²) in [5.74, 6) is -0.356. The lowest BCUT2D eigenvalue weighted by Crippen LogP contribution is -2.07. The maximum absolute atomic E-state index is 11.8. The molecule has 5 aromatic rings. The van der Waals surface area contributed by atoms with Crippen molar-refractivity contribution >= 4 is 55.2 Å². The van der Waals surface area contributed by atoms with E-state index in [0.29, 0.717) is 40.9 Å². The molecule has 0 aliphatic heterocycles. The summed E-state index contributed by atoms with van der Waals surface area (Å²) < 4.78 is 25.4. The Balaban J connectivity index is 1.50. The van der Waals surface area contributed by atoms with Gasteiger partial charge >= 0.3 is 5.97 Å². The van der Waals surface area contributed by atoms with Crippen LogP contribution in [0, 0.1) is 6.92 Å². The number of carboxylic acid groups (broad SMARTS) is 1. The number of aryl methyl sites for hydroxylation is 1. The van der Waals surface area contributed by atoms with Crippen LogP contribution >= 0.6 is 11.3 Å². The third-order valence-electron chi connectivity index (χ3n) is 5.59. The smallest absolute Gasteiger partial charge is 0.347 e. The Kier molecular flexibility index (Phi) is 6.73. The minimum Gasteiger partial charge on any atom is -0.477 e. The molecule has 0 saturated heterocycles. The molecule has 0 amide bonds. The Morgan fingerprint density at radius 2 is 1.79 bits per heavy atom. The molecule has 0 spiro atoms. The van der Waals surface area contributed by atoms with Gasteiger partial charge in [0.2, 0.25) is 5.95 Å². The van der Waals surface area contributed by atoms with Crippen molar-refractivity contribution in [2.45, 2.75) is 24.9 Å². The summed E-state index contributed by atoms with van der Waals surface area (Å²) in [5.41, 5.74) is 3.31. The van der Waals surface area contributed by atoms with E-state index in [1.54, 1.807) is 49.9 Å². The fourth-order valence-corrected chi connectivity index (χ4v) is 5.14. The van der Waals surface area contributed by atoms with Gasteiger partial charge in [0.15, 0.2) is 32.0 Å². The topological polar surface area (TPSA) is 165 Å². The standard InChI is InChI=1S/C24H22N8O4S2/c1-14-19(22(33)34)37-24(28-14)31-23-29-20(26-11-15-7-9-25-10-8-15)18-21(30-23)32(13-27-18)12-16-3-5-17(6-4-16)38(2,35)36/h3-10,13H,11-12H2,1-2H3,(H,33,34)(H2,26,28,29,30,31). The Morgan fingerprint density at radius 1 is 1.05 bits per heavy atom. The molecular formula is C24H22N8O4S2. The van der Waals surface area contributed by atoms with E-state index in [4.69, 9.17) is 0 Å². The zero-order valence-corrected chi connectivity index (χ0v) is 21.9. The molecule has 0 fully saturated rings. The second-order valence-electron chi connectivity index (χ2n) is 8.43. The largest absolute Gasteiger partial charge is 0.477 e. The number of carbonyl (C=O) groups is 1. The van der Waals surface area contributed by atoms with Crippen LogP contribution in [0.5, 0.6) is 0 Å². The average molecular weight is 551 g/mol. The van der Waals surface area contributed by atoms with E-state index in [2.05, 4.69) is 35.6 Å². The second-order valence-corrected chi connectivity index (χ2v) is 11.4. The molecule has 4 heterocycles. The van der Waals surface area contributed by atoms with Gasteiger partial charge in [0.25, 0.3) is 0 Å². The SMILES string of the molecule is Cc1nc(Nc2nc(NCc3ccncc3)c3ncn(Cc4ccc(S(C)(=O)=O)cc4)c3n2)sc1C(=O)O. The van der Waals surface area contributed by atoms with Gasteiger partial charge in [-0.25, -0.2) is 23.2 Å². The molecule has 12 nitrogen and oxygen atoms in total. The zero-order chi connectivity index (χ0) is 26.9. The maximum Gasteiger partial charge on any atom is 0.347 e. The predicted octanol–water partition coefficient (Wildman–Crippen LogP) is 3.49. The van der Waals surface area contributed by atoms with Gasteiger partial charge in [0.05, 0.1) is 23.5 Å². The number of thiazole rings is 1. The number of hydrogen-bond acceptors (Lipinski definition) is 11. The van der Waals surface area contributed by atoms with Crippen LogP contribution in [0.15, 0.2) is 60.0 Å². The highest BCUT2D eigenvalue weighted by Gasteiger charge is 2.18. The third kappa shape index (κ3) is 5.45. The molecule has 0 atom stereocenters. The number of nitrogens with one attached hydrogen (secondary N) is 2. The van der Waals surface area contributed by atoms with E-state index in [1.165, 1.54) is 6.26 Å². The average Bonchev–Trinajstić information content (AvgIpc) is 3.46. The van der Waals surface area contributed by atoms with E-state index in [-0.39, 0.29) is 15.7 Å². The first-order chi connectivity index (χ1) is 18.2. The van der Waals surface area contributed by atoms with E-state index >= 15 is 0 Å². The quantitative estimate of drug-likeness (QED) is 0.246. The lowest BCUT2D eigenvalue weighted by atomic mass is 10.2. The van der Waals surface area contributed by atoms with Crippen LogP contribution in [0.3, 0.4) is 0 Å². The Hall–Kier alpha value is -4.43. The summed E-state index contributed by atoms with van der Waals surface area (Å²) in [7, 11) is -3.30. The van der Waals surface area contributed by atoms with Crippen LogP contribution < -0.4 is 10.6 Å². The van der Waals surface area contributed by atoms with Gasteiger partial charge in [-0.2, -0.15) is 9.97 Å². The van der Waals surface area contributed by atoms with Crippen molar-refractivity contribution in [1.29, 1.82) is 0 Å². The van der Waals surface area contributed by atoms with E-state index in [1.807, 2.05) is 16.7 Å². The van der Waals surface area contributed by atoms with Crippen molar-refractivity contribution < 1.29 is 18.3 Å². The van der Waals surface area contributed by atoms with Crippen LogP contribution in [-0.4, -0.2) is 55.2 Å². The van der Waals surface area contributed by atoms with Crippen LogP contribution in [-0.2, 0) is 22.9 Å². The fourth-order valence-electron chi connectivity index (χ4n) is 3.71. The second kappa shape index (κ2) is 10.1. The highest BCUT2D eigenvalue weighted by atomic mass is 32.2. The molecular weight excluding hydrogens is 528 g/mol. The number of pyridine rings is 1. The molecule has 0 unspecified atom stereocenters. The number of hydrogen-bond donors (Lipinski definition) is 3. The monoisotopic (exact) mass is 550 g/mol. The molecule has 0 bridgehead atoms. The summed E-state index contributed by atoms with van der Waals surface area (Å²) in [6.45, 7) is 2.48. The summed E-state index contributed by atoms with van der Waals surface area (Å²) in [5, 5.41) is 16.0. The van der Waals surface area contributed by atoms with Gasteiger partial charge < -0.3 is 15.0 Å². The highest BCUT2D eigenvalue weighted by molar-refractivity contribution is 7.90. The number of nitrogens with zero attached hydrogens (tertiary/aromatic N) is 6. The molecule has 5 rings (SSSR count). The predicted molar refractivity (Wildman–Crippen MR) is 143 cm³/mol. The number of rotatable bonds is 9. The van der Waals surface area contributed by atoms with Crippen molar-refractivity contribution in [3.63, 3.8) is 0 Å². The molecule has 3 N–H and O–H groups in total. The van der Waals surface area contributed by atoms with Crippen LogP contribution in [0.2, 0.25) is 0 Å². The molecule has 0 aliphatic carbocycles. The van der Waals surface area contributed by atoms with Gasteiger partial charge in [0.1, 0.15) is 4.88 Å². The van der Waals surface area contributed by atoms with Crippen molar-refractivity contribution in [3.8, 4) is 0 Å². The summed E-state index contributed by atoms with van der Waals surface area (Å²) in [4.78, 5) is 33.9. The van der Waals surface area contributed by atoms with Crippen molar-refractivity contribution in [3.05, 3.63) is 76.8 Å². The first-order valence-electron chi connectivity index (χ1n) is 11.3. The first-order valence-corrected chi connectivity index (χ1v) is 14.0. The molecule has 0 saturated carbocycles. The van der Waals surface area contributed by atoms with Crippen LogP contribution in [0.1, 0.15) is 26.5 Å². The van der Waals surface area contributed by atoms with E-state index in [9.17, 15) is 18.3 Å². The summed E-state index contributed by atoms with van der Waals surface area (Å²) >= 11 is 0.995. The van der Waals surface area contributed by atoms with Crippen molar-refractivity contribution in [2.75, 3.05) is 16.9 Å². The molecule has 38 heavy (non-hydrogen) atoms.